The Balaban J connectivity index is 1.09. The van der Waals surface area contributed by atoms with Gasteiger partial charge >= 0.3 is 12.2 Å². The molecule has 0 radical (unpaired) electrons. The molecule has 1 atom stereocenters. The van der Waals surface area contributed by atoms with Crippen LogP contribution in [0.2, 0.25) is 0 Å². The maximum absolute atomic E-state index is 14.2. The number of amides is 2. The third kappa shape index (κ3) is 8.74. The van der Waals surface area contributed by atoms with Gasteiger partial charge in [-0.2, -0.15) is 23.3 Å². The van der Waals surface area contributed by atoms with E-state index in [2.05, 4.69) is 40.7 Å². The summed E-state index contributed by atoms with van der Waals surface area (Å²) < 4.78 is 54.7. The number of carbonyl (C=O) groups is 2. The van der Waals surface area contributed by atoms with E-state index in [4.69, 9.17) is 9.47 Å². The molecule has 0 bridgehead atoms. The highest BCUT2D eigenvalue weighted by molar-refractivity contribution is 6.26. The number of aliphatic hydroxyl groups is 2. The highest BCUT2D eigenvalue weighted by atomic mass is 19.4. The number of pyridine rings is 1. The molecule has 1 aliphatic carbocycles. The number of aliphatic hydroxyl groups excluding tert-OH is 2. The summed E-state index contributed by atoms with van der Waals surface area (Å²) in [6, 6.07) is 15.3. The fourth-order valence-electron chi connectivity index (χ4n) is 7.08. The van der Waals surface area contributed by atoms with Crippen molar-refractivity contribution < 1.29 is 42.4 Å². The number of anilines is 2. The number of aromatic nitrogens is 6. The minimum absolute atomic E-state index is 0.0117. The van der Waals surface area contributed by atoms with Crippen molar-refractivity contribution in [1.82, 2.24) is 39.6 Å². The lowest BCUT2D eigenvalue weighted by atomic mass is 9.95. The van der Waals surface area contributed by atoms with E-state index >= 15 is 0 Å². The first-order valence-corrected chi connectivity index (χ1v) is 19.4. The van der Waals surface area contributed by atoms with Crippen LogP contribution in [0.4, 0.5) is 24.8 Å². The van der Waals surface area contributed by atoms with Crippen molar-refractivity contribution in [3.63, 3.8) is 0 Å². The Morgan fingerprint density at radius 1 is 1.00 bits per heavy atom. The first-order chi connectivity index (χ1) is 30.3. The molecule has 0 saturated heterocycles. The zero-order valence-corrected chi connectivity index (χ0v) is 33.8. The number of imidazole rings is 1. The molecule has 0 spiro atoms. The van der Waals surface area contributed by atoms with Crippen molar-refractivity contribution in [2.75, 3.05) is 31.0 Å². The van der Waals surface area contributed by atoms with E-state index in [0.717, 1.165) is 6.08 Å². The lowest BCUT2D eigenvalue weighted by Crippen LogP contribution is -2.37. The predicted octanol–water partition coefficient (Wildman–Crippen LogP) is 5.46. The number of para-hydroxylation sites is 1. The minimum atomic E-state index is -4.64. The summed E-state index contributed by atoms with van der Waals surface area (Å²) in [5.74, 6) is -0.378. The maximum Gasteiger partial charge on any atom is 0.416 e. The molecule has 4 aromatic heterocycles. The fraction of sp³-hybridized carbons (Fsp3) is 0.209. The Morgan fingerprint density at radius 2 is 1.81 bits per heavy atom. The summed E-state index contributed by atoms with van der Waals surface area (Å²) in [6.45, 7) is 2.94. The van der Waals surface area contributed by atoms with Gasteiger partial charge < -0.3 is 30.3 Å². The Bertz CT molecular complexity index is 2830. The van der Waals surface area contributed by atoms with Gasteiger partial charge in [-0.1, -0.05) is 24.3 Å². The lowest BCUT2D eigenvalue weighted by molar-refractivity contribution is -0.112. The van der Waals surface area contributed by atoms with Crippen LogP contribution in [-0.2, 0) is 11.3 Å². The molecular weight excluding hydrogens is 824 g/mol. The standard InChI is InChI=1S/C43H38F3N11O6/c1-24-18-26(19-36(49-24)52-40(60)33-20-48-37-13-12-32(54-57(33)37)29-9-5-7-11-34(29)63-23-27(59)22-58)21-56-25(2)38(41(61)51-35-14-16-47-42(53-35)62-3)39-50-31(15-17-55(39)56)28-8-4-6-10-30(28)43(44,45)46/h4-7,9-20,27,58-59H,8,21-23H2,1-3H3,(H,49,52,60)(H,47,51,53,61)/t27-/m1/s1. The van der Waals surface area contributed by atoms with E-state index in [1.54, 1.807) is 84.7 Å². The topological polar surface area (TPSA) is 205 Å². The smallest absolute Gasteiger partial charge is 0.416 e. The number of fused-ring (bicyclic) bond motifs is 2. The number of aryl methyl sites for hydroxylation is 1. The second-order valence-corrected chi connectivity index (χ2v) is 14.3. The number of halogens is 3. The van der Waals surface area contributed by atoms with Crippen molar-refractivity contribution in [1.29, 1.82) is 0 Å². The molecule has 2 aliphatic heterocycles. The first kappa shape index (κ1) is 42.0. The number of hydrogen-bond donors (Lipinski definition) is 4. The Labute approximate surface area is 356 Å². The molecule has 20 heteroatoms. The van der Waals surface area contributed by atoms with Crippen molar-refractivity contribution in [3.05, 3.63) is 143 Å². The van der Waals surface area contributed by atoms with Crippen molar-refractivity contribution in [2.45, 2.75) is 39.1 Å². The molecule has 2 amide bonds. The normalized spacial score (nSPS) is 16.5. The number of benzene rings is 1. The van der Waals surface area contributed by atoms with Gasteiger partial charge in [0.05, 0.1) is 43.4 Å². The molecule has 3 aliphatic rings. The number of hydrogen-bond acceptors (Lipinski definition) is 14. The fourth-order valence-corrected chi connectivity index (χ4v) is 7.08. The van der Waals surface area contributed by atoms with Crippen LogP contribution in [0.15, 0.2) is 131 Å². The summed E-state index contributed by atoms with van der Waals surface area (Å²) in [6.07, 6.45) is 4.03. The van der Waals surface area contributed by atoms with Crippen molar-refractivity contribution in [2.24, 2.45) is 4.99 Å². The quantitative estimate of drug-likeness (QED) is 0.123. The number of methoxy groups -OCH3 is 1. The molecule has 17 nitrogen and oxygen atoms in total. The molecule has 1 aromatic carbocycles. The highest BCUT2D eigenvalue weighted by Gasteiger charge is 2.41. The molecule has 4 N–H and O–H groups in total. The number of allylic oxidation sites excluding steroid dienone is 7. The van der Waals surface area contributed by atoms with Crippen LogP contribution in [-0.4, -0.2) is 100 Å². The second kappa shape index (κ2) is 17.3. The van der Waals surface area contributed by atoms with E-state index in [0.29, 0.717) is 39.6 Å². The lowest BCUT2D eigenvalue weighted by Gasteiger charge is -2.32. The van der Waals surface area contributed by atoms with Crippen LogP contribution in [0.25, 0.3) is 16.9 Å². The summed E-state index contributed by atoms with van der Waals surface area (Å²) >= 11 is 0. The number of carbonyl (C=O) groups excluding carboxylic acids is 2. The number of aliphatic imine (C=N–C) groups is 1. The largest absolute Gasteiger partial charge is 0.490 e. The number of rotatable bonds is 12. The van der Waals surface area contributed by atoms with Gasteiger partial charge in [0.2, 0.25) is 0 Å². The third-order valence-electron chi connectivity index (χ3n) is 9.98. The highest BCUT2D eigenvalue weighted by Crippen LogP contribution is 2.40. The SMILES string of the molecule is COc1nccc(NC(=O)C2=C(C)N(Cc3cc(C)nc(NC(=O)c4cnc5ccc(-c6ccccc6OC[C@H](O)CO)nn45)c3)N3C=CC(=C4CC=CC=C4C(F)(F)F)N=C23)n1. The first-order valence-electron chi connectivity index (χ1n) is 19.4. The average Bonchev–Trinajstić information content (AvgIpc) is 3.82. The molecule has 322 valence electrons. The monoisotopic (exact) mass is 861 g/mol. The van der Waals surface area contributed by atoms with E-state index in [1.165, 1.54) is 42.2 Å². The van der Waals surface area contributed by atoms with Gasteiger partial charge in [0.25, 0.3) is 11.8 Å². The van der Waals surface area contributed by atoms with E-state index in [9.17, 15) is 33.0 Å². The maximum atomic E-state index is 14.2. The summed E-state index contributed by atoms with van der Waals surface area (Å²) in [7, 11) is 1.38. The summed E-state index contributed by atoms with van der Waals surface area (Å²) in [5.41, 5.74) is 2.39. The van der Waals surface area contributed by atoms with Gasteiger partial charge in [0.15, 0.2) is 17.2 Å². The predicted molar refractivity (Wildman–Crippen MR) is 223 cm³/mol. The summed E-state index contributed by atoms with van der Waals surface area (Å²) in [5, 5.41) is 32.6. The molecular formula is C43H38F3N11O6. The number of ether oxygens (including phenoxy) is 2. The van der Waals surface area contributed by atoms with Crippen molar-refractivity contribution >= 4 is 34.9 Å². The minimum Gasteiger partial charge on any atom is -0.490 e. The van der Waals surface area contributed by atoms with Gasteiger partial charge in [-0.15, -0.1) is 0 Å². The second-order valence-electron chi connectivity index (χ2n) is 14.3. The van der Waals surface area contributed by atoms with Crippen molar-refractivity contribution in [3.8, 4) is 23.0 Å². The zero-order valence-electron chi connectivity index (χ0n) is 33.8. The summed E-state index contributed by atoms with van der Waals surface area (Å²) in [4.78, 5) is 49.6. The van der Waals surface area contributed by atoms with Crippen LogP contribution in [0.5, 0.6) is 11.8 Å². The van der Waals surface area contributed by atoms with E-state index in [1.807, 2.05) is 0 Å². The molecule has 63 heavy (non-hydrogen) atoms. The van der Waals surface area contributed by atoms with Crippen LogP contribution < -0.4 is 20.1 Å². The van der Waals surface area contributed by atoms with Crippen LogP contribution >= 0.6 is 0 Å². The Morgan fingerprint density at radius 3 is 2.60 bits per heavy atom. The number of amidine groups is 1. The Hall–Kier alpha value is -7.71. The number of nitrogens with one attached hydrogen (secondary N) is 2. The van der Waals surface area contributed by atoms with Gasteiger partial charge in [0.1, 0.15) is 35.7 Å². The third-order valence-corrected chi connectivity index (χ3v) is 9.98. The zero-order chi connectivity index (χ0) is 44.4. The van der Waals surface area contributed by atoms with Crippen LogP contribution in [0.3, 0.4) is 0 Å². The average molecular weight is 862 g/mol. The molecule has 0 saturated carbocycles. The molecule has 5 aromatic rings. The molecule has 6 heterocycles. The molecule has 0 unspecified atom stereocenters. The molecule has 8 rings (SSSR count). The van der Waals surface area contributed by atoms with Gasteiger partial charge in [-0.05, 0) is 86.0 Å². The number of alkyl halides is 3. The van der Waals surface area contributed by atoms with Gasteiger partial charge in [0, 0.05) is 29.4 Å². The van der Waals surface area contributed by atoms with Gasteiger partial charge in [-0.25, -0.2) is 29.5 Å². The van der Waals surface area contributed by atoms with Crippen LogP contribution in [0, 0.1) is 6.92 Å². The van der Waals surface area contributed by atoms with E-state index in [-0.39, 0.29) is 65.6 Å². The van der Waals surface area contributed by atoms with Crippen LogP contribution in [0.1, 0.15) is 35.1 Å². The Kier molecular flexibility index (Phi) is 11.6. The molecule has 0 fully saturated rings. The van der Waals surface area contributed by atoms with Gasteiger partial charge in [-0.3, -0.25) is 14.6 Å². The number of nitrogens with zero attached hydrogens (tertiary/aromatic N) is 9. The van der Waals surface area contributed by atoms with E-state index < -0.39 is 36.3 Å². The number of hydrazine groups is 1.